The summed E-state index contributed by atoms with van der Waals surface area (Å²) in [5.41, 5.74) is 5.89. The molecule has 5 nitrogen and oxygen atoms in total. The Bertz CT molecular complexity index is 334. The molecule has 0 saturated heterocycles. The van der Waals surface area contributed by atoms with Crippen LogP contribution in [-0.2, 0) is 9.47 Å². The average molecular weight is 238 g/mol. The predicted octanol–water partition coefficient (Wildman–Crippen LogP) is 0.592. The van der Waals surface area contributed by atoms with Crippen LogP contribution in [-0.4, -0.2) is 43.6 Å². The summed E-state index contributed by atoms with van der Waals surface area (Å²) in [6.45, 7) is 1.12. The van der Waals surface area contributed by atoms with Crippen LogP contribution in [0.1, 0.15) is 6.42 Å². The predicted molar refractivity (Wildman–Crippen MR) is 62.9 cm³/mol. The maximum atomic E-state index is 5.89. The van der Waals surface area contributed by atoms with Crippen LogP contribution in [0.4, 0.5) is 0 Å². The average Bonchev–Trinajstić information content (AvgIpc) is 2.35. The highest BCUT2D eigenvalue weighted by atomic mass is 16.6. The molecule has 1 aromatic heterocycles. The molecule has 94 valence electrons. The zero-order valence-corrected chi connectivity index (χ0v) is 9.91. The molecule has 0 aromatic carbocycles. The molecule has 1 aliphatic carbocycles. The lowest BCUT2D eigenvalue weighted by atomic mass is 9.86. The summed E-state index contributed by atoms with van der Waals surface area (Å²) in [5, 5.41) is 0. The molecule has 5 heteroatoms. The van der Waals surface area contributed by atoms with Gasteiger partial charge in [0.25, 0.3) is 0 Å². The van der Waals surface area contributed by atoms with Crippen molar-refractivity contribution in [2.24, 2.45) is 5.73 Å². The molecule has 1 aliphatic rings. The molecule has 1 fully saturated rings. The second-order valence-corrected chi connectivity index (χ2v) is 4.07. The van der Waals surface area contributed by atoms with Crippen LogP contribution in [0.15, 0.2) is 24.5 Å². The van der Waals surface area contributed by atoms with Gasteiger partial charge in [-0.2, -0.15) is 0 Å². The molecule has 1 saturated carbocycles. The topological polar surface area (TPSA) is 66.6 Å². The van der Waals surface area contributed by atoms with Crippen molar-refractivity contribution in [3.63, 3.8) is 0 Å². The Kier molecular flexibility index (Phi) is 4.30. The van der Waals surface area contributed by atoms with Crippen LogP contribution in [0, 0.1) is 0 Å². The molecule has 2 N–H and O–H groups in total. The normalized spacial score (nSPS) is 27.5. The van der Waals surface area contributed by atoms with E-state index in [9.17, 15) is 0 Å². The standard InChI is InChI=1S/C12H18N2O3/c1-15-5-6-16-12-10(13)7-11(12)17-9-3-2-4-14-8-9/h2-4,8,10-12H,5-7,13H2,1H3. The fraction of sp³-hybridized carbons (Fsp3) is 0.583. The Morgan fingerprint density at radius 2 is 2.35 bits per heavy atom. The Balaban J connectivity index is 1.81. The van der Waals surface area contributed by atoms with E-state index < -0.39 is 0 Å². The third kappa shape index (κ3) is 3.15. The highest BCUT2D eigenvalue weighted by Gasteiger charge is 2.41. The van der Waals surface area contributed by atoms with E-state index in [2.05, 4.69) is 4.98 Å². The van der Waals surface area contributed by atoms with Crippen molar-refractivity contribution in [1.82, 2.24) is 4.98 Å². The minimum Gasteiger partial charge on any atom is -0.486 e. The second kappa shape index (κ2) is 5.95. The van der Waals surface area contributed by atoms with E-state index in [4.69, 9.17) is 19.9 Å². The lowest BCUT2D eigenvalue weighted by Gasteiger charge is -2.41. The summed E-state index contributed by atoms with van der Waals surface area (Å²) in [4.78, 5) is 4.00. The number of hydrogen-bond acceptors (Lipinski definition) is 5. The molecule has 0 bridgehead atoms. The Morgan fingerprint density at radius 1 is 1.47 bits per heavy atom. The van der Waals surface area contributed by atoms with E-state index >= 15 is 0 Å². The van der Waals surface area contributed by atoms with Gasteiger partial charge < -0.3 is 19.9 Å². The molecule has 3 atom stereocenters. The highest BCUT2D eigenvalue weighted by Crippen LogP contribution is 2.27. The molecule has 1 aromatic rings. The van der Waals surface area contributed by atoms with Gasteiger partial charge in [0.15, 0.2) is 0 Å². The number of aromatic nitrogens is 1. The maximum absolute atomic E-state index is 5.89. The summed E-state index contributed by atoms with van der Waals surface area (Å²) in [7, 11) is 1.65. The first-order valence-electron chi connectivity index (χ1n) is 5.74. The zero-order chi connectivity index (χ0) is 12.1. The summed E-state index contributed by atoms with van der Waals surface area (Å²) >= 11 is 0. The van der Waals surface area contributed by atoms with E-state index in [-0.39, 0.29) is 18.2 Å². The first-order chi connectivity index (χ1) is 8.31. The summed E-state index contributed by atoms with van der Waals surface area (Å²) in [6, 6.07) is 3.77. The number of rotatable bonds is 6. The van der Waals surface area contributed by atoms with E-state index in [0.29, 0.717) is 13.2 Å². The first-order valence-corrected chi connectivity index (χ1v) is 5.74. The van der Waals surface area contributed by atoms with Crippen LogP contribution in [0.3, 0.4) is 0 Å². The molecule has 0 aliphatic heterocycles. The molecule has 2 rings (SSSR count). The SMILES string of the molecule is COCCOC1C(N)CC1Oc1cccnc1. The first kappa shape index (κ1) is 12.3. The van der Waals surface area contributed by atoms with Gasteiger partial charge >= 0.3 is 0 Å². The monoisotopic (exact) mass is 238 g/mol. The molecule has 0 spiro atoms. The number of pyridine rings is 1. The molecule has 1 heterocycles. The summed E-state index contributed by atoms with van der Waals surface area (Å²) in [6.07, 6.45) is 4.19. The minimum absolute atomic E-state index is 0.0195. The van der Waals surface area contributed by atoms with Crippen molar-refractivity contribution in [3.8, 4) is 5.75 Å². The molecular formula is C12H18N2O3. The number of nitrogens with zero attached hydrogens (tertiary/aromatic N) is 1. The van der Waals surface area contributed by atoms with Crippen LogP contribution >= 0.6 is 0 Å². The maximum Gasteiger partial charge on any atom is 0.138 e. The van der Waals surface area contributed by atoms with Crippen LogP contribution in [0.2, 0.25) is 0 Å². The lowest BCUT2D eigenvalue weighted by Crippen LogP contribution is -2.59. The van der Waals surface area contributed by atoms with Crippen molar-refractivity contribution in [2.45, 2.75) is 24.7 Å². The summed E-state index contributed by atoms with van der Waals surface area (Å²) < 4.78 is 16.3. The number of nitrogens with two attached hydrogens (primary N) is 1. The number of ether oxygens (including phenoxy) is 3. The number of hydrogen-bond donors (Lipinski definition) is 1. The third-order valence-electron chi connectivity index (χ3n) is 2.81. The molecule has 0 amide bonds. The minimum atomic E-state index is -0.0506. The van der Waals surface area contributed by atoms with Gasteiger partial charge in [0.1, 0.15) is 18.0 Å². The van der Waals surface area contributed by atoms with Gasteiger partial charge in [-0.05, 0) is 12.1 Å². The number of methoxy groups -OCH3 is 1. The zero-order valence-electron chi connectivity index (χ0n) is 9.91. The van der Waals surface area contributed by atoms with E-state index in [1.54, 1.807) is 19.5 Å². The van der Waals surface area contributed by atoms with Crippen molar-refractivity contribution in [3.05, 3.63) is 24.5 Å². The van der Waals surface area contributed by atoms with Crippen molar-refractivity contribution in [2.75, 3.05) is 20.3 Å². The highest BCUT2D eigenvalue weighted by molar-refractivity contribution is 5.17. The molecule has 17 heavy (non-hydrogen) atoms. The van der Waals surface area contributed by atoms with Gasteiger partial charge in [-0.3, -0.25) is 4.98 Å². The molecule has 3 unspecified atom stereocenters. The van der Waals surface area contributed by atoms with E-state index in [0.717, 1.165) is 12.2 Å². The Morgan fingerprint density at radius 3 is 3.00 bits per heavy atom. The fourth-order valence-corrected chi connectivity index (χ4v) is 1.82. The Labute approximate surface area is 101 Å². The smallest absolute Gasteiger partial charge is 0.138 e. The summed E-state index contributed by atoms with van der Waals surface area (Å²) in [5.74, 6) is 0.754. The van der Waals surface area contributed by atoms with Crippen molar-refractivity contribution < 1.29 is 14.2 Å². The van der Waals surface area contributed by atoms with Crippen LogP contribution in [0.5, 0.6) is 5.75 Å². The van der Waals surface area contributed by atoms with Gasteiger partial charge in [0, 0.05) is 25.8 Å². The lowest BCUT2D eigenvalue weighted by molar-refractivity contribution is -0.107. The van der Waals surface area contributed by atoms with Crippen molar-refractivity contribution in [1.29, 1.82) is 0 Å². The Hall–Kier alpha value is -1.17. The molecular weight excluding hydrogens is 220 g/mol. The fourth-order valence-electron chi connectivity index (χ4n) is 1.82. The van der Waals surface area contributed by atoms with Gasteiger partial charge in [-0.15, -0.1) is 0 Å². The van der Waals surface area contributed by atoms with Crippen LogP contribution < -0.4 is 10.5 Å². The quantitative estimate of drug-likeness (QED) is 0.735. The second-order valence-electron chi connectivity index (χ2n) is 4.07. The van der Waals surface area contributed by atoms with Gasteiger partial charge in [0.05, 0.1) is 19.4 Å². The van der Waals surface area contributed by atoms with E-state index in [1.807, 2.05) is 12.1 Å². The third-order valence-corrected chi connectivity index (χ3v) is 2.81. The van der Waals surface area contributed by atoms with Gasteiger partial charge in [0.2, 0.25) is 0 Å². The van der Waals surface area contributed by atoms with Gasteiger partial charge in [-0.25, -0.2) is 0 Å². The molecule has 0 radical (unpaired) electrons. The van der Waals surface area contributed by atoms with Crippen LogP contribution in [0.25, 0.3) is 0 Å². The van der Waals surface area contributed by atoms with Gasteiger partial charge in [-0.1, -0.05) is 0 Å². The van der Waals surface area contributed by atoms with Crippen molar-refractivity contribution >= 4 is 0 Å². The largest absolute Gasteiger partial charge is 0.486 e. The van der Waals surface area contributed by atoms with E-state index in [1.165, 1.54) is 0 Å².